The molecule has 0 fully saturated rings. The Morgan fingerprint density at radius 1 is 1.27 bits per heavy atom. The van der Waals surface area contributed by atoms with Crippen LogP contribution in [0.1, 0.15) is 16.7 Å². The molecule has 0 saturated heterocycles. The van der Waals surface area contributed by atoms with E-state index < -0.39 is 0 Å². The zero-order valence-corrected chi connectivity index (χ0v) is 10.2. The van der Waals surface area contributed by atoms with Gasteiger partial charge in [-0.15, -0.1) is 5.56 Å². The van der Waals surface area contributed by atoms with Crippen molar-refractivity contribution in [3.63, 3.8) is 0 Å². The van der Waals surface area contributed by atoms with Crippen molar-refractivity contribution in [2.24, 2.45) is 0 Å². The summed E-state index contributed by atoms with van der Waals surface area (Å²) in [5, 5.41) is 8.73. The van der Waals surface area contributed by atoms with Crippen molar-refractivity contribution in [3.8, 4) is 0 Å². The molecular weight excluding hydrogens is 228 g/mol. The maximum atomic E-state index is 8.73. The van der Waals surface area contributed by atoms with Gasteiger partial charge in [-0.05, 0) is 0 Å². The van der Waals surface area contributed by atoms with Crippen LogP contribution >= 0.6 is 0 Å². The van der Waals surface area contributed by atoms with E-state index in [2.05, 4.69) is 6.92 Å². The summed E-state index contributed by atoms with van der Waals surface area (Å²) in [5.74, 6) is 0. The van der Waals surface area contributed by atoms with Gasteiger partial charge in [0.15, 0.2) is 0 Å². The van der Waals surface area contributed by atoms with Crippen LogP contribution in [0.5, 0.6) is 0 Å². The summed E-state index contributed by atoms with van der Waals surface area (Å²) < 4.78 is 0. The predicted molar refractivity (Wildman–Crippen MR) is 59.5 cm³/mol. The normalized spacial score (nSPS) is 8.73. The van der Waals surface area contributed by atoms with E-state index in [0.717, 1.165) is 5.56 Å². The summed E-state index contributed by atoms with van der Waals surface area (Å²) in [5.41, 5.74) is 3.53. The van der Waals surface area contributed by atoms with E-state index >= 15 is 0 Å². The molecule has 2 heteroatoms. The van der Waals surface area contributed by atoms with Crippen molar-refractivity contribution in [2.75, 3.05) is 0 Å². The van der Waals surface area contributed by atoms with Gasteiger partial charge >= 0.3 is 17.1 Å². The topological polar surface area (TPSA) is 20.2 Å². The van der Waals surface area contributed by atoms with Crippen molar-refractivity contribution < 1.29 is 22.2 Å². The molecule has 1 N–H and O–H groups in total. The van der Waals surface area contributed by atoms with Crippen molar-refractivity contribution >= 4 is 0 Å². The van der Waals surface area contributed by atoms with Crippen molar-refractivity contribution in [1.82, 2.24) is 0 Å². The number of hydrogen-bond donors (Lipinski definition) is 1. The summed E-state index contributed by atoms with van der Waals surface area (Å²) in [6.45, 7) is 4.25. The third-order valence-corrected chi connectivity index (χ3v) is 2.33. The van der Waals surface area contributed by atoms with Crippen LogP contribution in [0.2, 0.25) is 0 Å². The van der Waals surface area contributed by atoms with Gasteiger partial charge in [0.05, 0.1) is 0 Å². The third-order valence-electron chi connectivity index (χ3n) is 2.33. The number of rotatable bonds is 1. The summed E-state index contributed by atoms with van der Waals surface area (Å²) in [4.78, 5) is 0. The van der Waals surface area contributed by atoms with Crippen molar-refractivity contribution in [2.45, 2.75) is 20.5 Å². The minimum absolute atomic E-state index is 0. The molecule has 0 aliphatic heterocycles. The molecule has 0 aromatic heterocycles. The van der Waals surface area contributed by atoms with Crippen molar-refractivity contribution in [1.29, 1.82) is 0 Å². The Morgan fingerprint density at radius 2 is 1.87 bits per heavy atom. The molecule has 0 aliphatic rings. The minimum Gasteiger partial charge on any atom is -0.404 e. The fourth-order valence-electron chi connectivity index (χ4n) is 1.22. The van der Waals surface area contributed by atoms with Gasteiger partial charge in [0.1, 0.15) is 0 Å². The standard InChI is InChI=1S/C8H11O.C5H5.Fe/c1-6-3-4-8(5-9)7(6)2;1-2-4-5-3-1;/h3-4,9H,5H2,1-2H3;1-5H;/q2*-1;+2. The average Bonchev–Trinajstić information content (AvgIpc) is 2.82. The van der Waals surface area contributed by atoms with Gasteiger partial charge in [-0.2, -0.15) is 35.4 Å². The van der Waals surface area contributed by atoms with Gasteiger partial charge in [-0.1, -0.05) is 13.8 Å². The molecule has 0 radical (unpaired) electrons. The first kappa shape index (κ1) is 14.2. The zero-order valence-electron chi connectivity index (χ0n) is 9.05. The zero-order chi connectivity index (χ0) is 10.4. The first-order valence-electron chi connectivity index (χ1n) is 4.75. The van der Waals surface area contributed by atoms with Crippen LogP contribution in [0, 0.1) is 13.8 Å². The first-order chi connectivity index (χ1) is 6.75. The Balaban J connectivity index is 0.000000280. The molecule has 0 aliphatic carbocycles. The Labute approximate surface area is 102 Å². The third kappa shape index (κ3) is 4.48. The summed E-state index contributed by atoms with van der Waals surface area (Å²) in [6, 6.07) is 14.0. The van der Waals surface area contributed by atoms with Gasteiger partial charge in [0.2, 0.25) is 0 Å². The van der Waals surface area contributed by atoms with Gasteiger partial charge in [-0.3, -0.25) is 0 Å². The van der Waals surface area contributed by atoms with Crippen LogP contribution < -0.4 is 0 Å². The Bertz CT molecular complexity index is 329. The van der Waals surface area contributed by atoms with E-state index in [9.17, 15) is 0 Å². The number of aliphatic hydroxyl groups is 1. The Kier molecular flexibility index (Phi) is 7.06. The molecule has 0 unspecified atom stereocenters. The molecule has 2 rings (SSSR count). The molecule has 2 aromatic rings. The SMILES string of the molecule is Cc1cc[c-](CO)c1C.[Fe+2].c1cc[cH-]c1. The van der Waals surface area contributed by atoms with Crippen LogP contribution in [-0.2, 0) is 23.7 Å². The Hall–Kier alpha value is -0.821. The van der Waals surface area contributed by atoms with E-state index in [1.807, 2.05) is 49.4 Å². The van der Waals surface area contributed by atoms with E-state index in [1.54, 1.807) is 0 Å². The fourth-order valence-corrected chi connectivity index (χ4v) is 1.22. The number of hydrogen-bond acceptors (Lipinski definition) is 1. The molecule has 0 atom stereocenters. The van der Waals surface area contributed by atoms with E-state index in [0.29, 0.717) is 0 Å². The molecule has 0 bridgehead atoms. The largest absolute Gasteiger partial charge is 2.00 e. The number of aliphatic hydroxyl groups excluding tert-OH is 1. The maximum absolute atomic E-state index is 8.73. The van der Waals surface area contributed by atoms with Crippen LogP contribution in [0.3, 0.4) is 0 Å². The molecule has 0 amide bonds. The van der Waals surface area contributed by atoms with Crippen LogP contribution in [0.15, 0.2) is 42.5 Å². The molecule has 0 heterocycles. The summed E-state index contributed by atoms with van der Waals surface area (Å²) in [6.07, 6.45) is 0. The summed E-state index contributed by atoms with van der Waals surface area (Å²) >= 11 is 0. The van der Waals surface area contributed by atoms with Gasteiger partial charge in [0, 0.05) is 6.61 Å². The van der Waals surface area contributed by atoms with Gasteiger partial charge < -0.3 is 5.11 Å². The molecule has 82 valence electrons. The molecule has 15 heavy (non-hydrogen) atoms. The van der Waals surface area contributed by atoms with E-state index in [4.69, 9.17) is 5.11 Å². The van der Waals surface area contributed by atoms with Crippen molar-refractivity contribution in [3.05, 3.63) is 59.2 Å². The molecular formula is C13H16FeO. The second kappa shape index (κ2) is 7.47. The monoisotopic (exact) mass is 244 g/mol. The molecule has 2 aromatic carbocycles. The maximum Gasteiger partial charge on any atom is 2.00 e. The predicted octanol–water partition coefficient (Wildman–Crippen LogP) is 2.92. The smallest absolute Gasteiger partial charge is 0.404 e. The second-order valence-corrected chi connectivity index (χ2v) is 3.29. The fraction of sp³-hybridized carbons (Fsp3) is 0.231. The van der Waals surface area contributed by atoms with Crippen LogP contribution in [0.4, 0.5) is 0 Å². The van der Waals surface area contributed by atoms with Crippen LogP contribution in [0.25, 0.3) is 0 Å². The first-order valence-corrected chi connectivity index (χ1v) is 4.75. The quantitative estimate of drug-likeness (QED) is 0.604. The molecule has 1 nitrogen and oxygen atoms in total. The van der Waals surface area contributed by atoms with Crippen LogP contribution in [-0.4, -0.2) is 5.11 Å². The molecule has 0 spiro atoms. The number of aryl methyl sites for hydroxylation is 1. The van der Waals surface area contributed by atoms with E-state index in [-0.39, 0.29) is 23.7 Å². The van der Waals surface area contributed by atoms with Gasteiger partial charge in [0.25, 0.3) is 0 Å². The van der Waals surface area contributed by atoms with E-state index in [1.165, 1.54) is 11.1 Å². The molecule has 0 saturated carbocycles. The average molecular weight is 244 g/mol. The van der Waals surface area contributed by atoms with Gasteiger partial charge in [-0.25, -0.2) is 18.2 Å². The summed E-state index contributed by atoms with van der Waals surface area (Å²) in [7, 11) is 0. The Morgan fingerprint density at radius 3 is 2.07 bits per heavy atom. The minimum atomic E-state index is 0. The second-order valence-electron chi connectivity index (χ2n) is 3.29.